The molecule has 0 amide bonds. The molecule has 108 valence electrons. The van der Waals surface area contributed by atoms with E-state index in [1.165, 1.54) is 11.6 Å². The van der Waals surface area contributed by atoms with Gasteiger partial charge in [-0.3, -0.25) is 13.9 Å². The normalized spacial score (nSPS) is 16.7. The first-order chi connectivity index (χ1) is 9.58. The van der Waals surface area contributed by atoms with Gasteiger partial charge in [0.15, 0.2) is 11.2 Å². The van der Waals surface area contributed by atoms with E-state index in [1.807, 2.05) is 0 Å². The molecule has 1 saturated heterocycles. The SMILES string of the molecule is Cn1c(=O)c2[nH]c(NC3CCOCC3)nc2n(C)c1=O. The van der Waals surface area contributed by atoms with Crippen molar-refractivity contribution < 1.29 is 4.74 Å². The topological polar surface area (TPSA) is 93.9 Å². The van der Waals surface area contributed by atoms with Gasteiger partial charge in [-0.05, 0) is 12.8 Å². The molecule has 3 rings (SSSR count). The van der Waals surface area contributed by atoms with Crippen LogP contribution >= 0.6 is 0 Å². The zero-order chi connectivity index (χ0) is 14.3. The Morgan fingerprint density at radius 2 is 1.95 bits per heavy atom. The van der Waals surface area contributed by atoms with Gasteiger partial charge in [-0.15, -0.1) is 0 Å². The van der Waals surface area contributed by atoms with Gasteiger partial charge in [0.25, 0.3) is 5.56 Å². The van der Waals surface area contributed by atoms with E-state index in [0.29, 0.717) is 17.1 Å². The van der Waals surface area contributed by atoms with Crippen LogP contribution in [0.3, 0.4) is 0 Å². The summed E-state index contributed by atoms with van der Waals surface area (Å²) in [5, 5.41) is 3.25. The zero-order valence-electron chi connectivity index (χ0n) is 11.5. The molecule has 8 heteroatoms. The molecule has 1 aliphatic heterocycles. The van der Waals surface area contributed by atoms with Gasteiger partial charge in [0, 0.05) is 33.4 Å². The van der Waals surface area contributed by atoms with E-state index in [0.717, 1.165) is 30.6 Å². The van der Waals surface area contributed by atoms with Crippen molar-refractivity contribution in [3.05, 3.63) is 20.8 Å². The number of imidazole rings is 1. The largest absolute Gasteiger partial charge is 0.381 e. The first-order valence-electron chi connectivity index (χ1n) is 6.58. The van der Waals surface area contributed by atoms with Crippen LogP contribution in [0.5, 0.6) is 0 Å². The number of nitrogens with zero attached hydrogens (tertiary/aromatic N) is 3. The number of aromatic nitrogens is 4. The van der Waals surface area contributed by atoms with Gasteiger partial charge in [-0.2, -0.15) is 4.98 Å². The molecule has 0 spiro atoms. The lowest BCUT2D eigenvalue weighted by atomic mass is 10.1. The van der Waals surface area contributed by atoms with Gasteiger partial charge in [0.1, 0.15) is 0 Å². The number of rotatable bonds is 2. The van der Waals surface area contributed by atoms with Crippen LogP contribution in [0.1, 0.15) is 12.8 Å². The molecule has 2 aromatic rings. The Bertz CT molecular complexity index is 751. The molecule has 0 aromatic carbocycles. The number of aryl methyl sites for hydroxylation is 1. The molecule has 8 nitrogen and oxygen atoms in total. The van der Waals surface area contributed by atoms with Gasteiger partial charge < -0.3 is 15.0 Å². The van der Waals surface area contributed by atoms with Crippen LogP contribution < -0.4 is 16.6 Å². The highest BCUT2D eigenvalue weighted by atomic mass is 16.5. The highest BCUT2D eigenvalue weighted by Gasteiger charge is 2.17. The van der Waals surface area contributed by atoms with E-state index in [1.54, 1.807) is 7.05 Å². The van der Waals surface area contributed by atoms with Gasteiger partial charge in [-0.25, -0.2) is 4.79 Å². The highest BCUT2D eigenvalue weighted by molar-refractivity contribution is 5.72. The summed E-state index contributed by atoms with van der Waals surface area (Å²) in [4.78, 5) is 31.2. The van der Waals surface area contributed by atoms with Crippen molar-refractivity contribution in [2.24, 2.45) is 14.1 Å². The van der Waals surface area contributed by atoms with Crippen molar-refractivity contribution in [3.8, 4) is 0 Å². The maximum atomic E-state index is 12.0. The number of nitrogens with one attached hydrogen (secondary N) is 2. The summed E-state index contributed by atoms with van der Waals surface area (Å²) in [5.41, 5.74) is -0.0425. The minimum Gasteiger partial charge on any atom is -0.381 e. The van der Waals surface area contributed by atoms with Crippen molar-refractivity contribution in [1.82, 2.24) is 19.1 Å². The molecule has 0 saturated carbocycles. The number of hydrogen-bond donors (Lipinski definition) is 2. The van der Waals surface area contributed by atoms with Crippen LogP contribution in [0.15, 0.2) is 9.59 Å². The quantitative estimate of drug-likeness (QED) is 0.776. The monoisotopic (exact) mass is 279 g/mol. The lowest BCUT2D eigenvalue weighted by molar-refractivity contribution is 0.0903. The predicted octanol–water partition coefficient (Wildman–Crippen LogP) is -0.449. The average molecular weight is 279 g/mol. The molecule has 3 heterocycles. The van der Waals surface area contributed by atoms with Crippen molar-refractivity contribution >= 4 is 17.1 Å². The Kier molecular flexibility index (Phi) is 3.09. The van der Waals surface area contributed by atoms with Crippen LogP contribution in [-0.2, 0) is 18.8 Å². The summed E-state index contributed by atoms with van der Waals surface area (Å²) in [7, 11) is 3.06. The second-order valence-corrected chi connectivity index (χ2v) is 5.02. The molecule has 1 aliphatic rings. The van der Waals surface area contributed by atoms with E-state index in [-0.39, 0.29) is 17.3 Å². The Hall–Kier alpha value is -2.09. The van der Waals surface area contributed by atoms with E-state index < -0.39 is 0 Å². The molecule has 1 fully saturated rings. The van der Waals surface area contributed by atoms with Crippen molar-refractivity contribution in [2.45, 2.75) is 18.9 Å². The van der Waals surface area contributed by atoms with Crippen LogP contribution in [0.2, 0.25) is 0 Å². The fourth-order valence-corrected chi connectivity index (χ4v) is 2.43. The summed E-state index contributed by atoms with van der Waals surface area (Å²) in [6.07, 6.45) is 1.79. The number of anilines is 1. The second kappa shape index (κ2) is 4.78. The standard InChI is InChI=1S/C12H17N5O3/c1-16-9-8(10(18)17(2)12(16)19)14-11(15-9)13-7-3-5-20-6-4-7/h7H,3-6H2,1-2H3,(H2,13,14,15). The van der Waals surface area contributed by atoms with Crippen molar-refractivity contribution in [3.63, 3.8) is 0 Å². The van der Waals surface area contributed by atoms with Crippen LogP contribution in [0, 0.1) is 0 Å². The van der Waals surface area contributed by atoms with Gasteiger partial charge in [0.05, 0.1) is 0 Å². The van der Waals surface area contributed by atoms with E-state index >= 15 is 0 Å². The number of hydrogen-bond acceptors (Lipinski definition) is 5. The van der Waals surface area contributed by atoms with Gasteiger partial charge in [0.2, 0.25) is 5.95 Å². The van der Waals surface area contributed by atoms with Crippen molar-refractivity contribution in [1.29, 1.82) is 0 Å². The fourth-order valence-electron chi connectivity index (χ4n) is 2.43. The van der Waals surface area contributed by atoms with Crippen LogP contribution in [0.25, 0.3) is 11.2 Å². The molecular weight excluding hydrogens is 262 g/mol. The smallest absolute Gasteiger partial charge is 0.332 e. The third kappa shape index (κ3) is 2.01. The number of ether oxygens (including phenoxy) is 1. The number of H-pyrrole nitrogens is 1. The summed E-state index contributed by atoms with van der Waals surface area (Å²) < 4.78 is 7.73. The van der Waals surface area contributed by atoms with E-state index in [4.69, 9.17) is 4.74 Å². The third-order valence-electron chi connectivity index (χ3n) is 3.66. The predicted molar refractivity (Wildman–Crippen MR) is 74.0 cm³/mol. The molecule has 0 atom stereocenters. The fraction of sp³-hybridized carbons (Fsp3) is 0.583. The molecule has 2 aromatic heterocycles. The lowest BCUT2D eigenvalue weighted by Crippen LogP contribution is -2.36. The molecule has 0 radical (unpaired) electrons. The summed E-state index contributed by atoms with van der Waals surface area (Å²) in [5.74, 6) is 0.519. The van der Waals surface area contributed by atoms with Gasteiger partial charge in [-0.1, -0.05) is 0 Å². The Labute approximate surface area is 114 Å². The molecule has 0 aliphatic carbocycles. The first kappa shape index (κ1) is 12.9. The average Bonchev–Trinajstić information content (AvgIpc) is 2.88. The van der Waals surface area contributed by atoms with Crippen LogP contribution in [-0.4, -0.2) is 38.4 Å². The molecular formula is C12H17N5O3. The van der Waals surface area contributed by atoms with Crippen LogP contribution in [0.4, 0.5) is 5.95 Å². The molecule has 20 heavy (non-hydrogen) atoms. The molecule has 2 N–H and O–H groups in total. The number of fused-ring (bicyclic) bond motifs is 1. The van der Waals surface area contributed by atoms with E-state index in [9.17, 15) is 9.59 Å². The maximum absolute atomic E-state index is 12.0. The minimum absolute atomic E-state index is 0.269. The molecule has 0 bridgehead atoms. The first-order valence-corrected chi connectivity index (χ1v) is 6.58. The zero-order valence-corrected chi connectivity index (χ0v) is 11.5. The van der Waals surface area contributed by atoms with Gasteiger partial charge >= 0.3 is 5.69 Å². The maximum Gasteiger partial charge on any atom is 0.332 e. The number of aromatic amines is 1. The highest BCUT2D eigenvalue weighted by Crippen LogP contribution is 2.14. The summed E-state index contributed by atoms with van der Waals surface area (Å²) in [6.45, 7) is 1.44. The Balaban J connectivity index is 2.02. The summed E-state index contributed by atoms with van der Waals surface area (Å²) in [6, 6.07) is 0.269. The Morgan fingerprint density at radius 1 is 1.25 bits per heavy atom. The van der Waals surface area contributed by atoms with E-state index in [2.05, 4.69) is 15.3 Å². The second-order valence-electron chi connectivity index (χ2n) is 5.02. The van der Waals surface area contributed by atoms with Crippen molar-refractivity contribution in [2.75, 3.05) is 18.5 Å². The third-order valence-corrected chi connectivity index (χ3v) is 3.66. The summed E-state index contributed by atoms with van der Waals surface area (Å²) >= 11 is 0. The Morgan fingerprint density at radius 3 is 2.65 bits per heavy atom. The lowest BCUT2D eigenvalue weighted by Gasteiger charge is -2.22. The minimum atomic E-state index is -0.383. The molecule has 0 unspecified atom stereocenters.